The predicted molar refractivity (Wildman–Crippen MR) is 72.2 cm³/mol. The zero-order chi connectivity index (χ0) is 12.5. The van der Waals surface area contributed by atoms with Gasteiger partial charge in [0, 0.05) is 24.9 Å². The number of anilines is 1. The molecule has 1 rings (SSSR count). The predicted octanol–water partition coefficient (Wildman–Crippen LogP) is 2.36. The van der Waals surface area contributed by atoms with Crippen molar-refractivity contribution in [3.05, 3.63) is 29.8 Å². The average Bonchev–Trinajstić information content (AvgIpc) is 2.32. The number of benzene rings is 1. The van der Waals surface area contributed by atoms with Crippen molar-refractivity contribution < 1.29 is 4.74 Å². The van der Waals surface area contributed by atoms with Crippen LogP contribution in [0.3, 0.4) is 0 Å². The molecule has 94 valence electrons. The SMILES string of the molecule is CCCCN=C(N)Nc1ccccc1COC. The second-order valence-electron chi connectivity index (χ2n) is 3.84. The minimum absolute atomic E-state index is 0.460. The van der Waals surface area contributed by atoms with Crippen LogP contribution >= 0.6 is 0 Å². The van der Waals surface area contributed by atoms with Gasteiger partial charge < -0.3 is 15.8 Å². The molecule has 1 aromatic rings. The van der Waals surface area contributed by atoms with Crippen LogP contribution in [-0.2, 0) is 11.3 Å². The summed E-state index contributed by atoms with van der Waals surface area (Å²) in [7, 11) is 1.68. The van der Waals surface area contributed by atoms with E-state index in [-0.39, 0.29) is 0 Å². The maximum absolute atomic E-state index is 5.81. The summed E-state index contributed by atoms with van der Waals surface area (Å²) in [6.45, 7) is 3.46. The molecule has 17 heavy (non-hydrogen) atoms. The Morgan fingerprint density at radius 1 is 1.41 bits per heavy atom. The highest BCUT2D eigenvalue weighted by molar-refractivity contribution is 5.92. The van der Waals surface area contributed by atoms with E-state index in [1.807, 2.05) is 24.3 Å². The summed E-state index contributed by atoms with van der Waals surface area (Å²) in [6.07, 6.45) is 2.18. The Balaban J connectivity index is 2.63. The number of para-hydroxylation sites is 1. The monoisotopic (exact) mass is 235 g/mol. The number of hydrogen-bond donors (Lipinski definition) is 2. The lowest BCUT2D eigenvalue weighted by Gasteiger charge is -2.10. The molecule has 0 heterocycles. The number of nitrogens with two attached hydrogens (primary N) is 1. The van der Waals surface area contributed by atoms with Gasteiger partial charge in [0.2, 0.25) is 0 Å². The highest BCUT2D eigenvalue weighted by atomic mass is 16.5. The van der Waals surface area contributed by atoms with E-state index in [0.29, 0.717) is 12.6 Å². The largest absolute Gasteiger partial charge is 0.380 e. The Labute approximate surface area is 103 Å². The lowest BCUT2D eigenvalue weighted by atomic mass is 10.2. The van der Waals surface area contributed by atoms with Crippen molar-refractivity contribution >= 4 is 11.6 Å². The van der Waals surface area contributed by atoms with Gasteiger partial charge >= 0.3 is 0 Å². The number of ether oxygens (including phenoxy) is 1. The van der Waals surface area contributed by atoms with Crippen LogP contribution in [0.4, 0.5) is 5.69 Å². The summed E-state index contributed by atoms with van der Waals surface area (Å²) < 4.78 is 5.13. The Morgan fingerprint density at radius 2 is 2.18 bits per heavy atom. The van der Waals surface area contributed by atoms with Crippen molar-refractivity contribution in [2.75, 3.05) is 19.0 Å². The molecule has 0 spiro atoms. The van der Waals surface area contributed by atoms with Crippen molar-refractivity contribution in [1.82, 2.24) is 0 Å². The van der Waals surface area contributed by atoms with E-state index in [1.54, 1.807) is 7.11 Å². The lowest BCUT2D eigenvalue weighted by molar-refractivity contribution is 0.185. The van der Waals surface area contributed by atoms with E-state index in [4.69, 9.17) is 10.5 Å². The topological polar surface area (TPSA) is 59.6 Å². The number of hydrogen-bond acceptors (Lipinski definition) is 2. The highest BCUT2D eigenvalue weighted by Crippen LogP contribution is 2.15. The number of nitrogens with zero attached hydrogens (tertiary/aromatic N) is 1. The fraction of sp³-hybridized carbons (Fsp3) is 0.462. The number of guanidine groups is 1. The maximum atomic E-state index is 5.81. The number of aliphatic imine (C=N–C) groups is 1. The molecule has 0 aliphatic heterocycles. The van der Waals surface area contributed by atoms with Crippen LogP contribution in [0.5, 0.6) is 0 Å². The summed E-state index contributed by atoms with van der Waals surface area (Å²) in [6, 6.07) is 7.91. The first-order chi connectivity index (χ1) is 8.27. The minimum atomic E-state index is 0.460. The van der Waals surface area contributed by atoms with Gasteiger partial charge in [-0.2, -0.15) is 0 Å². The highest BCUT2D eigenvalue weighted by Gasteiger charge is 2.01. The molecule has 1 aromatic carbocycles. The van der Waals surface area contributed by atoms with Crippen molar-refractivity contribution in [2.45, 2.75) is 26.4 Å². The second-order valence-corrected chi connectivity index (χ2v) is 3.84. The zero-order valence-corrected chi connectivity index (χ0v) is 10.6. The molecule has 4 heteroatoms. The Kier molecular flexibility index (Phi) is 6.10. The second kappa shape index (κ2) is 7.68. The molecule has 0 radical (unpaired) electrons. The molecule has 0 fully saturated rings. The molecule has 0 aliphatic carbocycles. The Bertz CT molecular complexity index is 363. The third kappa shape index (κ3) is 4.87. The van der Waals surface area contributed by atoms with Gasteiger partial charge in [-0.3, -0.25) is 4.99 Å². The van der Waals surface area contributed by atoms with Crippen LogP contribution in [0.2, 0.25) is 0 Å². The summed E-state index contributed by atoms with van der Waals surface area (Å²) in [5.41, 5.74) is 7.83. The first-order valence-electron chi connectivity index (χ1n) is 5.91. The van der Waals surface area contributed by atoms with Crippen LogP contribution in [0.15, 0.2) is 29.3 Å². The smallest absolute Gasteiger partial charge is 0.193 e. The van der Waals surface area contributed by atoms with Crippen LogP contribution in [-0.4, -0.2) is 19.6 Å². The molecule has 0 saturated carbocycles. The number of nitrogens with one attached hydrogen (secondary N) is 1. The minimum Gasteiger partial charge on any atom is -0.380 e. The molecule has 0 amide bonds. The standard InChI is InChI=1S/C13H21N3O/c1-3-4-9-15-13(14)16-12-8-6-5-7-11(12)10-17-2/h5-8H,3-4,9-10H2,1-2H3,(H3,14,15,16). The normalized spacial score (nSPS) is 11.5. The van der Waals surface area contributed by atoms with Crippen LogP contribution < -0.4 is 11.1 Å². The van der Waals surface area contributed by atoms with E-state index in [2.05, 4.69) is 17.2 Å². The molecule has 0 atom stereocenters. The van der Waals surface area contributed by atoms with Crippen molar-refractivity contribution in [1.29, 1.82) is 0 Å². The first kappa shape index (κ1) is 13.5. The Hall–Kier alpha value is -1.55. The van der Waals surface area contributed by atoms with E-state index in [0.717, 1.165) is 30.6 Å². The average molecular weight is 235 g/mol. The van der Waals surface area contributed by atoms with Gasteiger partial charge in [-0.1, -0.05) is 31.5 Å². The lowest BCUT2D eigenvalue weighted by Crippen LogP contribution is -2.23. The molecule has 0 bridgehead atoms. The molecule has 0 aromatic heterocycles. The molecule has 0 aliphatic rings. The molecular formula is C13H21N3O. The van der Waals surface area contributed by atoms with Gasteiger partial charge in [0.05, 0.1) is 6.61 Å². The molecule has 0 saturated heterocycles. The summed E-state index contributed by atoms with van der Waals surface area (Å²) >= 11 is 0. The van der Waals surface area contributed by atoms with Crippen molar-refractivity contribution in [2.24, 2.45) is 10.7 Å². The van der Waals surface area contributed by atoms with Crippen molar-refractivity contribution in [3.63, 3.8) is 0 Å². The van der Waals surface area contributed by atoms with E-state index >= 15 is 0 Å². The third-order valence-electron chi connectivity index (χ3n) is 2.37. The quantitative estimate of drug-likeness (QED) is 0.452. The fourth-order valence-electron chi connectivity index (χ4n) is 1.46. The van der Waals surface area contributed by atoms with Gasteiger partial charge in [-0.15, -0.1) is 0 Å². The third-order valence-corrected chi connectivity index (χ3v) is 2.37. The van der Waals surface area contributed by atoms with Crippen LogP contribution in [0.25, 0.3) is 0 Å². The summed E-state index contributed by atoms with van der Waals surface area (Å²) in [4.78, 5) is 4.25. The van der Waals surface area contributed by atoms with Gasteiger partial charge in [-0.05, 0) is 12.5 Å². The summed E-state index contributed by atoms with van der Waals surface area (Å²) in [5.74, 6) is 0.460. The molecule has 3 N–H and O–H groups in total. The maximum Gasteiger partial charge on any atom is 0.193 e. The van der Waals surface area contributed by atoms with Gasteiger partial charge in [-0.25, -0.2) is 0 Å². The molecule has 4 nitrogen and oxygen atoms in total. The van der Waals surface area contributed by atoms with Crippen molar-refractivity contribution in [3.8, 4) is 0 Å². The Morgan fingerprint density at radius 3 is 2.88 bits per heavy atom. The summed E-state index contributed by atoms with van der Waals surface area (Å²) in [5, 5.41) is 3.10. The number of methoxy groups -OCH3 is 1. The van der Waals surface area contributed by atoms with E-state index in [9.17, 15) is 0 Å². The van der Waals surface area contributed by atoms with E-state index in [1.165, 1.54) is 0 Å². The number of rotatable bonds is 6. The van der Waals surface area contributed by atoms with Gasteiger partial charge in [0.15, 0.2) is 5.96 Å². The van der Waals surface area contributed by atoms with Crippen LogP contribution in [0, 0.1) is 0 Å². The molecule has 0 unspecified atom stereocenters. The number of unbranched alkanes of at least 4 members (excludes halogenated alkanes) is 1. The zero-order valence-electron chi connectivity index (χ0n) is 10.6. The first-order valence-corrected chi connectivity index (χ1v) is 5.91. The van der Waals surface area contributed by atoms with Gasteiger partial charge in [0.25, 0.3) is 0 Å². The molecular weight excluding hydrogens is 214 g/mol. The van der Waals surface area contributed by atoms with E-state index < -0.39 is 0 Å². The van der Waals surface area contributed by atoms with Gasteiger partial charge in [0.1, 0.15) is 0 Å². The fourth-order valence-corrected chi connectivity index (χ4v) is 1.46. The van der Waals surface area contributed by atoms with Crippen LogP contribution in [0.1, 0.15) is 25.3 Å².